The van der Waals surface area contributed by atoms with Crippen LogP contribution in [-0.2, 0) is 0 Å². The molecular formula is C22H15N3O2S2. The number of para-hydroxylation sites is 2. The molecule has 2 aromatic carbocycles. The van der Waals surface area contributed by atoms with E-state index in [4.69, 9.17) is 9.40 Å². The fourth-order valence-corrected chi connectivity index (χ4v) is 4.94. The van der Waals surface area contributed by atoms with Crippen LogP contribution < -0.4 is 5.32 Å². The molecule has 29 heavy (non-hydrogen) atoms. The van der Waals surface area contributed by atoms with Gasteiger partial charge < -0.3 is 9.73 Å². The fourth-order valence-electron chi connectivity index (χ4n) is 3.06. The molecule has 7 heteroatoms. The van der Waals surface area contributed by atoms with E-state index >= 15 is 0 Å². The van der Waals surface area contributed by atoms with Gasteiger partial charge in [0.15, 0.2) is 10.8 Å². The van der Waals surface area contributed by atoms with Crippen LogP contribution in [0.1, 0.15) is 15.4 Å². The molecule has 0 atom stereocenters. The van der Waals surface area contributed by atoms with E-state index in [-0.39, 0.29) is 5.91 Å². The summed E-state index contributed by atoms with van der Waals surface area (Å²) in [4.78, 5) is 23.0. The van der Waals surface area contributed by atoms with E-state index in [1.54, 1.807) is 23.7 Å². The average molecular weight is 418 g/mol. The number of amides is 1. The van der Waals surface area contributed by atoms with E-state index in [9.17, 15) is 4.79 Å². The third kappa shape index (κ3) is 3.35. The van der Waals surface area contributed by atoms with Gasteiger partial charge in [0.2, 0.25) is 0 Å². The van der Waals surface area contributed by atoms with Gasteiger partial charge in [-0.15, -0.1) is 22.7 Å². The van der Waals surface area contributed by atoms with Crippen LogP contribution >= 0.6 is 22.7 Å². The maximum atomic E-state index is 13.0. The minimum Gasteiger partial charge on any atom is -0.462 e. The molecule has 0 fully saturated rings. The summed E-state index contributed by atoms with van der Waals surface area (Å²) in [6, 6.07) is 19.3. The fraction of sp³-hybridized carbons (Fsp3) is 0.0455. The number of benzene rings is 2. The molecule has 0 radical (unpaired) electrons. The van der Waals surface area contributed by atoms with Crippen molar-refractivity contribution >= 4 is 44.5 Å². The van der Waals surface area contributed by atoms with Crippen molar-refractivity contribution in [3.63, 3.8) is 0 Å². The minimum absolute atomic E-state index is 0.245. The second-order valence-corrected chi connectivity index (χ2v) is 8.62. The van der Waals surface area contributed by atoms with Gasteiger partial charge in [0.1, 0.15) is 10.7 Å². The highest BCUT2D eigenvalue weighted by Crippen LogP contribution is 2.35. The molecule has 0 saturated heterocycles. The summed E-state index contributed by atoms with van der Waals surface area (Å²) in [6.45, 7) is 1.89. The SMILES string of the molecule is Cc1sc(-c2ccco2)nc1C(=O)Nc1ccccc1-c1nc2ccccc2s1. The molecular weight excluding hydrogens is 402 g/mol. The Hall–Kier alpha value is -3.29. The van der Waals surface area contributed by atoms with Gasteiger partial charge in [0.25, 0.3) is 5.91 Å². The van der Waals surface area contributed by atoms with E-state index < -0.39 is 0 Å². The smallest absolute Gasteiger partial charge is 0.275 e. The first-order chi connectivity index (χ1) is 14.2. The van der Waals surface area contributed by atoms with E-state index in [0.29, 0.717) is 22.1 Å². The van der Waals surface area contributed by atoms with E-state index in [0.717, 1.165) is 25.7 Å². The highest BCUT2D eigenvalue weighted by Gasteiger charge is 2.19. The molecule has 0 spiro atoms. The number of carbonyl (C=O) groups is 1. The van der Waals surface area contributed by atoms with Gasteiger partial charge in [-0.05, 0) is 43.3 Å². The molecule has 142 valence electrons. The van der Waals surface area contributed by atoms with Crippen LogP contribution in [0.3, 0.4) is 0 Å². The van der Waals surface area contributed by atoms with Gasteiger partial charge in [-0.2, -0.15) is 0 Å². The van der Waals surface area contributed by atoms with Crippen LogP contribution in [-0.4, -0.2) is 15.9 Å². The molecule has 1 N–H and O–H groups in total. The molecule has 3 aromatic heterocycles. The molecule has 0 saturated carbocycles. The van der Waals surface area contributed by atoms with Crippen LogP contribution in [0.4, 0.5) is 5.69 Å². The highest BCUT2D eigenvalue weighted by atomic mass is 32.1. The van der Waals surface area contributed by atoms with Crippen molar-refractivity contribution in [3.8, 4) is 21.3 Å². The summed E-state index contributed by atoms with van der Waals surface area (Å²) in [5.74, 6) is 0.414. The highest BCUT2D eigenvalue weighted by molar-refractivity contribution is 7.21. The lowest BCUT2D eigenvalue weighted by molar-refractivity contribution is 0.102. The number of anilines is 1. The monoisotopic (exact) mass is 417 g/mol. The Morgan fingerprint density at radius 1 is 0.931 bits per heavy atom. The maximum absolute atomic E-state index is 13.0. The second kappa shape index (κ2) is 7.27. The van der Waals surface area contributed by atoms with Crippen LogP contribution in [0.15, 0.2) is 71.3 Å². The van der Waals surface area contributed by atoms with Gasteiger partial charge in [0.05, 0.1) is 22.2 Å². The summed E-state index contributed by atoms with van der Waals surface area (Å²) in [7, 11) is 0. The zero-order valence-corrected chi connectivity index (χ0v) is 17.0. The van der Waals surface area contributed by atoms with Gasteiger partial charge in [-0.25, -0.2) is 9.97 Å². The van der Waals surface area contributed by atoms with Gasteiger partial charge in [-0.3, -0.25) is 4.79 Å². The van der Waals surface area contributed by atoms with Crippen molar-refractivity contribution in [2.24, 2.45) is 0 Å². The first-order valence-electron chi connectivity index (χ1n) is 8.96. The third-order valence-electron chi connectivity index (χ3n) is 4.44. The lowest BCUT2D eigenvalue weighted by Crippen LogP contribution is -2.14. The summed E-state index contributed by atoms with van der Waals surface area (Å²) in [5, 5.41) is 4.57. The van der Waals surface area contributed by atoms with Crippen LogP contribution in [0.5, 0.6) is 0 Å². The Morgan fingerprint density at radius 2 is 1.76 bits per heavy atom. The number of furan rings is 1. The normalized spacial score (nSPS) is 11.1. The molecule has 3 heterocycles. The largest absolute Gasteiger partial charge is 0.462 e. The molecule has 5 aromatic rings. The van der Waals surface area contributed by atoms with Crippen molar-refractivity contribution in [1.82, 2.24) is 9.97 Å². The molecule has 0 aliphatic carbocycles. The maximum Gasteiger partial charge on any atom is 0.275 e. The van der Waals surface area contributed by atoms with E-state index in [1.165, 1.54) is 11.3 Å². The Labute approximate surface area is 174 Å². The number of aromatic nitrogens is 2. The average Bonchev–Trinajstić information content (AvgIpc) is 3.47. The topological polar surface area (TPSA) is 68.0 Å². The molecule has 0 aliphatic heterocycles. The van der Waals surface area contributed by atoms with Crippen molar-refractivity contribution in [2.45, 2.75) is 6.92 Å². The lowest BCUT2D eigenvalue weighted by atomic mass is 10.2. The number of fused-ring (bicyclic) bond motifs is 1. The van der Waals surface area contributed by atoms with Crippen LogP contribution in [0.25, 0.3) is 31.6 Å². The molecule has 1 amide bonds. The first-order valence-corrected chi connectivity index (χ1v) is 10.6. The number of aryl methyl sites for hydroxylation is 1. The molecule has 5 rings (SSSR count). The number of thiazole rings is 2. The number of nitrogens with zero attached hydrogens (tertiary/aromatic N) is 2. The zero-order chi connectivity index (χ0) is 19.8. The number of rotatable bonds is 4. The lowest BCUT2D eigenvalue weighted by Gasteiger charge is -2.08. The summed E-state index contributed by atoms with van der Waals surface area (Å²) < 4.78 is 6.51. The van der Waals surface area contributed by atoms with Crippen LogP contribution in [0.2, 0.25) is 0 Å². The van der Waals surface area contributed by atoms with Crippen molar-refractivity contribution < 1.29 is 9.21 Å². The first kappa shape index (κ1) is 17.8. The number of hydrogen-bond acceptors (Lipinski definition) is 6. The molecule has 0 unspecified atom stereocenters. The number of carbonyl (C=O) groups excluding carboxylic acids is 1. The summed E-state index contributed by atoms with van der Waals surface area (Å²) in [6.07, 6.45) is 1.60. The van der Waals surface area contributed by atoms with Gasteiger partial charge in [-0.1, -0.05) is 24.3 Å². The van der Waals surface area contributed by atoms with E-state index in [2.05, 4.69) is 10.3 Å². The van der Waals surface area contributed by atoms with Crippen molar-refractivity contribution in [1.29, 1.82) is 0 Å². The van der Waals surface area contributed by atoms with Gasteiger partial charge in [0, 0.05) is 10.4 Å². The Balaban J connectivity index is 1.48. The summed E-state index contributed by atoms with van der Waals surface area (Å²) in [5.41, 5.74) is 2.96. The molecule has 5 nitrogen and oxygen atoms in total. The van der Waals surface area contributed by atoms with Crippen molar-refractivity contribution in [3.05, 3.63) is 77.5 Å². The zero-order valence-electron chi connectivity index (χ0n) is 15.4. The predicted octanol–water partition coefficient (Wildman–Crippen LogP) is 6.24. The standard InChI is InChI=1S/C22H15N3O2S2/c1-13-19(25-22(28-13)17-10-6-12-27-17)20(26)23-15-8-3-2-7-14(15)21-24-16-9-4-5-11-18(16)29-21/h2-12H,1H3,(H,23,26). The third-order valence-corrected chi connectivity index (χ3v) is 6.50. The number of hydrogen-bond donors (Lipinski definition) is 1. The Bertz CT molecular complexity index is 1290. The van der Waals surface area contributed by atoms with Gasteiger partial charge >= 0.3 is 0 Å². The van der Waals surface area contributed by atoms with Crippen LogP contribution in [0, 0.1) is 6.92 Å². The van der Waals surface area contributed by atoms with E-state index in [1.807, 2.05) is 61.5 Å². The minimum atomic E-state index is -0.245. The molecule has 0 aliphatic rings. The Morgan fingerprint density at radius 3 is 2.59 bits per heavy atom. The second-order valence-electron chi connectivity index (χ2n) is 6.39. The summed E-state index contributed by atoms with van der Waals surface area (Å²) >= 11 is 3.04. The number of nitrogens with one attached hydrogen (secondary N) is 1. The quantitative estimate of drug-likeness (QED) is 0.376. The Kier molecular flexibility index (Phi) is 4.46. The predicted molar refractivity (Wildman–Crippen MR) is 118 cm³/mol. The molecule has 0 bridgehead atoms. The van der Waals surface area contributed by atoms with Crippen molar-refractivity contribution in [2.75, 3.05) is 5.32 Å².